The Morgan fingerprint density at radius 2 is 2.24 bits per heavy atom. The van der Waals surface area contributed by atoms with Gasteiger partial charge in [0.25, 0.3) is 0 Å². The molecule has 2 heterocycles. The molecule has 96 valence electrons. The van der Waals surface area contributed by atoms with E-state index in [0.29, 0.717) is 0 Å². The van der Waals surface area contributed by atoms with Crippen LogP contribution in [0.1, 0.15) is 44.5 Å². The molecule has 17 heavy (non-hydrogen) atoms. The van der Waals surface area contributed by atoms with Crippen molar-refractivity contribution in [3.8, 4) is 0 Å². The van der Waals surface area contributed by atoms with Crippen LogP contribution in [0.4, 0.5) is 0 Å². The van der Waals surface area contributed by atoms with Gasteiger partial charge >= 0.3 is 0 Å². The summed E-state index contributed by atoms with van der Waals surface area (Å²) in [6.07, 6.45) is 6.26. The fraction of sp³-hybridized carbons (Fsp3) is 0.786. The smallest absolute Gasteiger partial charge is 0.0624 e. The Morgan fingerprint density at radius 3 is 3.00 bits per heavy atom. The first-order valence-corrected chi connectivity index (χ1v) is 7.09. The van der Waals surface area contributed by atoms with E-state index in [9.17, 15) is 0 Å². The molecule has 1 aromatic heterocycles. The van der Waals surface area contributed by atoms with Gasteiger partial charge in [0.15, 0.2) is 0 Å². The van der Waals surface area contributed by atoms with Gasteiger partial charge in [0.05, 0.1) is 5.69 Å². The van der Waals surface area contributed by atoms with Gasteiger partial charge in [-0.15, -0.1) is 0 Å². The molecule has 1 aromatic rings. The Kier molecular flexibility index (Phi) is 4.60. The number of nitrogens with zero attached hydrogens (tertiary/aromatic N) is 2. The minimum absolute atomic E-state index is 0.844. The van der Waals surface area contributed by atoms with Gasteiger partial charge in [0.2, 0.25) is 0 Å². The monoisotopic (exact) mass is 235 g/mol. The molecule has 1 atom stereocenters. The van der Waals surface area contributed by atoms with E-state index in [1.165, 1.54) is 50.2 Å². The van der Waals surface area contributed by atoms with Gasteiger partial charge in [-0.05, 0) is 64.1 Å². The van der Waals surface area contributed by atoms with Gasteiger partial charge in [-0.25, -0.2) is 0 Å². The summed E-state index contributed by atoms with van der Waals surface area (Å²) >= 11 is 0. The maximum Gasteiger partial charge on any atom is 0.0624 e. The topological polar surface area (TPSA) is 29.9 Å². The van der Waals surface area contributed by atoms with Gasteiger partial charge in [-0.2, -0.15) is 5.10 Å². The zero-order valence-electron chi connectivity index (χ0n) is 11.2. The summed E-state index contributed by atoms with van der Waals surface area (Å²) in [4.78, 5) is 0. The summed E-state index contributed by atoms with van der Waals surface area (Å²) in [5, 5.41) is 8.12. The molecule has 1 aliphatic heterocycles. The molecule has 2 rings (SSSR count). The van der Waals surface area contributed by atoms with E-state index in [0.717, 1.165) is 18.9 Å². The van der Waals surface area contributed by atoms with E-state index in [4.69, 9.17) is 0 Å². The summed E-state index contributed by atoms with van der Waals surface area (Å²) in [5.74, 6) is 0.844. The number of aryl methyl sites for hydroxylation is 2. The Balaban J connectivity index is 2.02. The first-order valence-electron chi connectivity index (χ1n) is 7.09. The predicted octanol–water partition coefficient (Wildman–Crippen LogP) is 2.40. The zero-order valence-corrected chi connectivity index (χ0v) is 11.2. The molecule has 1 fully saturated rings. The van der Waals surface area contributed by atoms with E-state index in [1.54, 1.807) is 0 Å². The molecule has 0 bridgehead atoms. The number of hydrogen-bond donors (Lipinski definition) is 1. The van der Waals surface area contributed by atoms with Crippen molar-refractivity contribution in [2.24, 2.45) is 5.92 Å². The second-order valence-electron chi connectivity index (χ2n) is 5.05. The van der Waals surface area contributed by atoms with Crippen LogP contribution in [-0.4, -0.2) is 22.9 Å². The molecule has 0 spiro atoms. The van der Waals surface area contributed by atoms with Crippen LogP contribution in [0.3, 0.4) is 0 Å². The largest absolute Gasteiger partial charge is 0.317 e. The summed E-state index contributed by atoms with van der Waals surface area (Å²) in [7, 11) is 0. The normalized spacial score (nSPS) is 21.4. The minimum atomic E-state index is 0.844. The molecular formula is C14H25N3. The van der Waals surface area contributed by atoms with Gasteiger partial charge in [-0.1, -0.05) is 6.92 Å². The molecule has 0 aromatic carbocycles. The second kappa shape index (κ2) is 6.20. The van der Waals surface area contributed by atoms with E-state index >= 15 is 0 Å². The SMILES string of the molecule is CCc1cc(CC2CCCNCC2)n(CC)n1. The Hall–Kier alpha value is -0.830. The molecule has 3 nitrogen and oxygen atoms in total. The lowest BCUT2D eigenvalue weighted by Crippen LogP contribution is -2.15. The Labute approximate surface area is 105 Å². The standard InChI is InChI=1S/C14H25N3/c1-3-13-11-14(17(4-2)16-13)10-12-6-5-8-15-9-7-12/h11-12,15H,3-10H2,1-2H3. The third-order valence-electron chi connectivity index (χ3n) is 3.77. The minimum Gasteiger partial charge on any atom is -0.317 e. The fourth-order valence-electron chi connectivity index (χ4n) is 2.72. The number of aromatic nitrogens is 2. The number of rotatable bonds is 4. The van der Waals surface area contributed by atoms with Crippen LogP contribution in [0.2, 0.25) is 0 Å². The van der Waals surface area contributed by atoms with E-state index in [-0.39, 0.29) is 0 Å². The van der Waals surface area contributed by atoms with Crippen LogP contribution in [0.15, 0.2) is 6.07 Å². The number of nitrogens with one attached hydrogen (secondary N) is 1. The van der Waals surface area contributed by atoms with Gasteiger partial charge in [-0.3, -0.25) is 4.68 Å². The van der Waals surface area contributed by atoms with Crippen molar-refractivity contribution in [2.45, 2.75) is 52.5 Å². The zero-order chi connectivity index (χ0) is 12.1. The van der Waals surface area contributed by atoms with Crippen LogP contribution in [0.5, 0.6) is 0 Å². The van der Waals surface area contributed by atoms with Crippen LogP contribution in [0, 0.1) is 5.92 Å². The Morgan fingerprint density at radius 1 is 1.35 bits per heavy atom. The average molecular weight is 235 g/mol. The summed E-state index contributed by atoms with van der Waals surface area (Å²) in [5.41, 5.74) is 2.69. The molecule has 1 unspecified atom stereocenters. The molecule has 1 N–H and O–H groups in total. The lowest BCUT2D eigenvalue weighted by molar-refractivity contribution is 0.449. The van der Waals surface area contributed by atoms with Crippen LogP contribution in [-0.2, 0) is 19.4 Å². The van der Waals surface area contributed by atoms with E-state index in [2.05, 4.69) is 35.0 Å². The molecule has 0 radical (unpaired) electrons. The molecule has 0 amide bonds. The molecule has 1 saturated heterocycles. The van der Waals surface area contributed by atoms with Gasteiger partial charge in [0.1, 0.15) is 0 Å². The van der Waals surface area contributed by atoms with Gasteiger partial charge in [0, 0.05) is 12.2 Å². The molecule has 3 heteroatoms. The highest BCUT2D eigenvalue weighted by molar-refractivity contribution is 5.11. The molecular weight excluding hydrogens is 210 g/mol. The Bertz CT molecular complexity index is 335. The predicted molar refractivity (Wildman–Crippen MR) is 71.2 cm³/mol. The summed E-state index contributed by atoms with van der Waals surface area (Å²) in [6, 6.07) is 2.31. The van der Waals surface area contributed by atoms with Crippen molar-refractivity contribution in [1.82, 2.24) is 15.1 Å². The van der Waals surface area contributed by atoms with Crippen molar-refractivity contribution in [1.29, 1.82) is 0 Å². The van der Waals surface area contributed by atoms with Crippen molar-refractivity contribution in [2.75, 3.05) is 13.1 Å². The maximum absolute atomic E-state index is 4.64. The number of hydrogen-bond acceptors (Lipinski definition) is 2. The highest BCUT2D eigenvalue weighted by atomic mass is 15.3. The quantitative estimate of drug-likeness (QED) is 0.868. The average Bonchev–Trinajstić information content (AvgIpc) is 2.56. The van der Waals surface area contributed by atoms with Crippen LogP contribution in [0.25, 0.3) is 0 Å². The third kappa shape index (κ3) is 3.32. The van der Waals surface area contributed by atoms with Crippen molar-refractivity contribution >= 4 is 0 Å². The lowest BCUT2D eigenvalue weighted by atomic mass is 9.95. The lowest BCUT2D eigenvalue weighted by Gasteiger charge is -2.14. The highest BCUT2D eigenvalue weighted by Gasteiger charge is 2.15. The maximum atomic E-state index is 4.64. The second-order valence-corrected chi connectivity index (χ2v) is 5.05. The van der Waals surface area contributed by atoms with Crippen molar-refractivity contribution < 1.29 is 0 Å². The van der Waals surface area contributed by atoms with Gasteiger partial charge < -0.3 is 5.32 Å². The highest BCUT2D eigenvalue weighted by Crippen LogP contribution is 2.20. The molecule has 1 aliphatic rings. The molecule has 0 aliphatic carbocycles. The molecule has 0 saturated carbocycles. The summed E-state index contributed by atoms with van der Waals surface area (Å²) < 4.78 is 2.19. The van der Waals surface area contributed by atoms with Crippen molar-refractivity contribution in [3.05, 3.63) is 17.5 Å². The summed E-state index contributed by atoms with van der Waals surface area (Å²) in [6.45, 7) is 7.75. The first kappa shape index (κ1) is 12.6. The first-order chi connectivity index (χ1) is 8.33. The van der Waals surface area contributed by atoms with Crippen LogP contribution >= 0.6 is 0 Å². The van der Waals surface area contributed by atoms with Crippen molar-refractivity contribution in [3.63, 3.8) is 0 Å². The van der Waals surface area contributed by atoms with E-state index in [1.807, 2.05) is 0 Å². The third-order valence-corrected chi connectivity index (χ3v) is 3.77. The fourth-order valence-corrected chi connectivity index (χ4v) is 2.72. The van der Waals surface area contributed by atoms with E-state index < -0.39 is 0 Å². The van der Waals surface area contributed by atoms with Crippen LogP contribution < -0.4 is 5.32 Å².